The maximum absolute atomic E-state index is 13.1. The first-order valence-corrected chi connectivity index (χ1v) is 41.3. The molecule has 5 atom stereocenters. The Bertz CT molecular complexity index is 1760. The number of esters is 4. The summed E-state index contributed by atoms with van der Waals surface area (Å²) in [5, 5.41) is 10.6. The van der Waals surface area contributed by atoms with E-state index in [1.54, 1.807) is 0 Å². The van der Waals surface area contributed by atoms with Crippen LogP contribution in [0.1, 0.15) is 387 Å². The average Bonchev–Trinajstić information content (AvgIpc) is 2.04. The third-order valence-electron chi connectivity index (χ3n) is 17.1. The van der Waals surface area contributed by atoms with Crippen molar-refractivity contribution in [3.63, 3.8) is 0 Å². The summed E-state index contributed by atoms with van der Waals surface area (Å²) in [6.07, 6.45) is 56.8. The fourth-order valence-corrected chi connectivity index (χ4v) is 12.8. The molecule has 19 heteroatoms. The van der Waals surface area contributed by atoms with E-state index in [0.717, 1.165) is 89.9 Å². The van der Waals surface area contributed by atoms with Crippen LogP contribution in [0, 0.1) is 0 Å². The van der Waals surface area contributed by atoms with E-state index in [-0.39, 0.29) is 25.7 Å². The van der Waals surface area contributed by atoms with Crippen LogP contribution >= 0.6 is 15.6 Å². The number of rotatable bonds is 74. The molecule has 3 N–H and O–H groups in total. The van der Waals surface area contributed by atoms with Crippen molar-refractivity contribution in [3.05, 3.63) is 0 Å². The maximum atomic E-state index is 13.1. The second kappa shape index (κ2) is 67.6. The van der Waals surface area contributed by atoms with Gasteiger partial charge < -0.3 is 33.8 Å². The quantitative estimate of drug-likeness (QED) is 0.0222. The molecule has 0 aromatic heterocycles. The maximum Gasteiger partial charge on any atom is 0.472 e. The number of carbonyl (C=O) groups excluding carboxylic acids is 4. The van der Waals surface area contributed by atoms with E-state index in [0.29, 0.717) is 25.7 Å². The zero-order valence-corrected chi connectivity index (χ0v) is 61.3. The molecule has 0 amide bonds. The largest absolute Gasteiger partial charge is 0.472 e. The fourth-order valence-electron chi connectivity index (χ4n) is 11.2. The average molecular weight is 1350 g/mol. The van der Waals surface area contributed by atoms with Gasteiger partial charge in [0.2, 0.25) is 0 Å². The third-order valence-corrected chi connectivity index (χ3v) is 19.0. The highest BCUT2D eigenvalue weighted by Crippen LogP contribution is 2.45. The van der Waals surface area contributed by atoms with Gasteiger partial charge in [-0.15, -0.1) is 0 Å². The third kappa shape index (κ3) is 66.7. The summed E-state index contributed by atoms with van der Waals surface area (Å²) in [6, 6.07) is 0. The van der Waals surface area contributed by atoms with Crippen LogP contribution in [0.25, 0.3) is 0 Å². The van der Waals surface area contributed by atoms with Crippen molar-refractivity contribution in [2.75, 3.05) is 39.6 Å². The van der Waals surface area contributed by atoms with Crippen molar-refractivity contribution in [1.82, 2.24) is 0 Å². The molecule has 0 bridgehead atoms. The molecule has 0 rings (SSSR count). The van der Waals surface area contributed by atoms with Gasteiger partial charge in [-0.1, -0.05) is 336 Å². The fraction of sp³-hybridized carbons (Fsp3) is 0.945. The van der Waals surface area contributed by atoms with Crippen LogP contribution < -0.4 is 0 Å². The van der Waals surface area contributed by atoms with Crippen molar-refractivity contribution in [1.29, 1.82) is 0 Å². The SMILES string of the molecule is CCCCCCCCCCCCCCCCCCCCCC(=O)O[C@H](COC(=O)CCCCCCCCCCCCCCC)COP(=O)(O)OC[C@@H](O)COP(=O)(O)OC[C@@H](COC(=O)CCCCCCCCCCC)OC(=O)CCCCCCCCCCCCC. The highest BCUT2D eigenvalue weighted by atomic mass is 31.2. The molecular formula is C73H142O17P2. The summed E-state index contributed by atoms with van der Waals surface area (Å²) in [5.41, 5.74) is 0. The van der Waals surface area contributed by atoms with Crippen LogP contribution in [0.15, 0.2) is 0 Å². The van der Waals surface area contributed by atoms with Gasteiger partial charge >= 0.3 is 39.5 Å². The lowest BCUT2D eigenvalue weighted by Crippen LogP contribution is -2.30. The lowest BCUT2D eigenvalue weighted by molar-refractivity contribution is -0.161. The minimum absolute atomic E-state index is 0.107. The molecule has 0 aliphatic carbocycles. The minimum Gasteiger partial charge on any atom is -0.462 e. The number of carbonyl (C=O) groups is 4. The highest BCUT2D eigenvalue weighted by molar-refractivity contribution is 7.47. The van der Waals surface area contributed by atoms with Crippen molar-refractivity contribution >= 4 is 39.5 Å². The summed E-state index contributed by atoms with van der Waals surface area (Å²) in [6.45, 7) is 4.95. The van der Waals surface area contributed by atoms with Crippen molar-refractivity contribution in [2.45, 2.75) is 406 Å². The predicted molar refractivity (Wildman–Crippen MR) is 372 cm³/mol. The van der Waals surface area contributed by atoms with Crippen molar-refractivity contribution in [2.24, 2.45) is 0 Å². The topological polar surface area (TPSA) is 237 Å². The zero-order valence-electron chi connectivity index (χ0n) is 59.5. The Hall–Kier alpha value is -1.94. The molecule has 17 nitrogen and oxygen atoms in total. The van der Waals surface area contributed by atoms with E-state index in [9.17, 15) is 43.2 Å². The normalized spacial score (nSPS) is 13.9. The number of phosphoric ester groups is 2. The van der Waals surface area contributed by atoms with Crippen LogP contribution in [-0.2, 0) is 65.4 Å². The monoisotopic (exact) mass is 1350 g/mol. The lowest BCUT2D eigenvalue weighted by atomic mass is 10.0. The van der Waals surface area contributed by atoms with Gasteiger partial charge in [0.25, 0.3) is 0 Å². The van der Waals surface area contributed by atoms with Gasteiger partial charge in [0, 0.05) is 25.7 Å². The van der Waals surface area contributed by atoms with Crippen LogP contribution in [0.2, 0.25) is 0 Å². The standard InChI is InChI=1S/C73H142O17P2/c1-5-9-13-17-21-25-28-30-31-32-33-34-35-37-40-44-48-52-56-60-73(78)90-69(64-84-71(76)58-54-50-46-42-39-36-29-26-22-18-14-10-6-2)66-88-92(81,82)86-62-67(74)61-85-91(79,80)87-65-68(63-83-70(75)57-53-49-45-41-24-20-16-12-8-4)89-72(77)59-55-51-47-43-38-27-23-19-15-11-7-3/h67-69,74H,5-66H2,1-4H3,(H,79,80)(H,81,82)/t67-,68+,69+/m0/s1. The van der Waals surface area contributed by atoms with Crippen LogP contribution in [0.3, 0.4) is 0 Å². The van der Waals surface area contributed by atoms with E-state index in [1.807, 2.05) is 0 Å². The molecule has 0 aliphatic rings. The Kier molecular flexibility index (Phi) is 66.2. The summed E-state index contributed by atoms with van der Waals surface area (Å²) in [4.78, 5) is 72.6. The Morgan fingerprint density at radius 1 is 0.261 bits per heavy atom. The Morgan fingerprint density at radius 3 is 0.641 bits per heavy atom. The van der Waals surface area contributed by atoms with Gasteiger partial charge in [0.05, 0.1) is 26.4 Å². The van der Waals surface area contributed by atoms with E-state index in [2.05, 4.69) is 27.7 Å². The van der Waals surface area contributed by atoms with Crippen molar-refractivity contribution in [3.8, 4) is 0 Å². The zero-order chi connectivity index (χ0) is 67.5. The molecular weight excluding hydrogens is 1210 g/mol. The molecule has 0 aliphatic heterocycles. The highest BCUT2D eigenvalue weighted by Gasteiger charge is 2.30. The van der Waals surface area contributed by atoms with Gasteiger partial charge in [-0.25, -0.2) is 9.13 Å². The number of phosphoric acid groups is 2. The number of hydrogen-bond donors (Lipinski definition) is 3. The van der Waals surface area contributed by atoms with Gasteiger partial charge in [0.1, 0.15) is 19.3 Å². The summed E-state index contributed by atoms with van der Waals surface area (Å²) in [7, 11) is -9.90. The van der Waals surface area contributed by atoms with E-state index >= 15 is 0 Å². The van der Waals surface area contributed by atoms with E-state index < -0.39 is 97.5 Å². The molecule has 92 heavy (non-hydrogen) atoms. The molecule has 0 saturated heterocycles. The first-order chi connectivity index (χ1) is 44.7. The number of aliphatic hydroxyl groups is 1. The molecule has 0 saturated carbocycles. The summed E-state index contributed by atoms with van der Waals surface area (Å²) < 4.78 is 68.4. The molecule has 0 fully saturated rings. The summed E-state index contributed by atoms with van der Waals surface area (Å²) >= 11 is 0. The molecule has 0 aromatic carbocycles. The molecule has 546 valence electrons. The number of unbranched alkanes of at least 4 members (excludes halogenated alkanes) is 48. The molecule has 0 radical (unpaired) electrons. The van der Waals surface area contributed by atoms with Crippen molar-refractivity contribution < 1.29 is 80.2 Å². The van der Waals surface area contributed by atoms with Gasteiger partial charge in [-0.05, 0) is 25.7 Å². The Balaban J connectivity index is 5.20. The van der Waals surface area contributed by atoms with Crippen LogP contribution in [0.5, 0.6) is 0 Å². The second-order valence-corrected chi connectivity index (χ2v) is 29.2. The van der Waals surface area contributed by atoms with E-state index in [1.165, 1.54) is 218 Å². The first kappa shape index (κ1) is 90.1. The number of aliphatic hydroxyl groups excluding tert-OH is 1. The number of hydrogen-bond acceptors (Lipinski definition) is 15. The number of ether oxygens (including phenoxy) is 4. The Morgan fingerprint density at radius 2 is 0.435 bits per heavy atom. The smallest absolute Gasteiger partial charge is 0.462 e. The van der Waals surface area contributed by atoms with Gasteiger partial charge in [-0.2, -0.15) is 0 Å². The van der Waals surface area contributed by atoms with Crippen LogP contribution in [0.4, 0.5) is 0 Å². The predicted octanol–water partition coefficient (Wildman–Crippen LogP) is 21.4. The van der Waals surface area contributed by atoms with E-state index in [4.69, 9.17) is 37.0 Å². The molecule has 0 aromatic rings. The molecule has 0 heterocycles. The molecule has 0 spiro atoms. The van der Waals surface area contributed by atoms with Gasteiger partial charge in [-0.3, -0.25) is 37.3 Å². The second-order valence-electron chi connectivity index (χ2n) is 26.3. The summed E-state index contributed by atoms with van der Waals surface area (Å²) in [5.74, 6) is -2.12. The first-order valence-electron chi connectivity index (χ1n) is 38.3. The Labute approximate surface area is 562 Å². The van der Waals surface area contributed by atoms with Crippen LogP contribution in [-0.4, -0.2) is 96.7 Å². The lowest BCUT2D eigenvalue weighted by Gasteiger charge is -2.21. The molecule has 2 unspecified atom stereocenters. The minimum atomic E-state index is -4.95. The van der Waals surface area contributed by atoms with Gasteiger partial charge in [0.15, 0.2) is 12.2 Å².